The first-order chi connectivity index (χ1) is 13.5. The Morgan fingerprint density at radius 2 is 1.43 bits per heavy atom. The summed E-state index contributed by atoms with van der Waals surface area (Å²) in [6.45, 7) is -0.461. The predicted octanol–water partition coefficient (Wildman–Crippen LogP) is 3.71. The van der Waals surface area contributed by atoms with Gasteiger partial charge in [-0.3, -0.25) is 0 Å². The van der Waals surface area contributed by atoms with Gasteiger partial charge in [-0.05, 0) is 48.5 Å². The number of hydrogen-bond acceptors (Lipinski definition) is 5. The van der Waals surface area contributed by atoms with E-state index in [9.17, 15) is 13.2 Å². The zero-order chi connectivity index (χ0) is 20.0. The van der Waals surface area contributed by atoms with Crippen molar-refractivity contribution < 1.29 is 22.7 Å². The number of benzene rings is 3. The van der Waals surface area contributed by atoms with Crippen LogP contribution in [0.5, 0.6) is 5.75 Å². The second kappa shape index (κ2) is 8.58. The Balaban J connectivity index is 1.91. The molecule has 0 radical (unpaired) electrons. The van der Waals surface area contributed by atoms with Crippen molar-refractivity contribution in [3.63, 3.8) is 0 Å². The number of rotatable bonds is 7. The van der Waals surface area contributed by atoms with Gasteiger partial charge in [0, 0.05) is 0 Å². The van der Waals surface area contributed by atoms with Crippen LogP contribution in [0.3, 0.4) is 0 Å². The topological polar surface area (TPSA) is 72.9 Å². The molecule has 144 valence electrons. The van der Waals surface area contributed by atoms with Crippen LogP contribution in [0, 0.1) is 0 Å². The predicted molar refractivity (Wildman–Crippen MR) is 106 cm³/mol. The average molecular weight is 397 g/mol. The molecule has 0 heterocycles. The summed E-state index contributed by atoms with van der Waals surface area (Å²) < 4.78 is 37.7. The third kappa shape index (κ3) is 4.32. The number of anilines is 1. The van der Waals surface area contributed by atoms with Gasteiger partial charge in [0.25, 0.3) is 10.0 Å². The van der Waals surface area contributed by atoms with E-state index in [4.69, 9.17) is 9.47 Å². The fourth-order valence-electron chi connectivity index (χ4n) is 2.53. The van der Waals surface area contributed by atoms with Crippen LogP contribution in [0.1, 0.15) is 10.4 Å². The van der Waals surface area contributed by atoms with Crippen molar-refractivity contribution in [1.82, 2.24) is 0 Å². The summed E-state index contributed by atoms with van der Waals surface area (Å²) in [6.07, 6.45) is 0. The molecule has 0 amide bonds. The van der Waals surface area contributed by atoms with Gasteiger partial charge in [0.2, 0.25) is 0 Å². The molecule has 0 aliphatic carbocycles. The molecule has 0 unspecified atom stereocenters. The van der Waals surface area contributed by atoms with E-state index in [1.807, 2.05) is 0 Å². The second-order valence-corrected chi connectivity index (χ2v) is 7.65. The Hall–Kier alpha value is -3.32. The highest BCUT2D eigenvalue weighted by molar-refractivity contribution is 7.92. The van der Waals surface area contributed by atoms with E-state index in [-0.39, 0.29) is 4.90 Å². The van der Waals surface area contributed by atoms with Crippen LogP contribution in [-0.4, -0.2) is 28.2 Å². The van der Waals surface area contributed by atoms with Crippen LogP contribution >= 0.6 is 0 Å². The zero-order valence-electron chi connectivity index (χ0n) is 15.2. The van der Waals surface area contributed by atoms with Crippen LogP contribution in [-0.2, 0) is 14.8 Å². The summed E-state index contributed by atoms with van der Waals surface area (Å²) in [5.41, 5.74) is 0.694. The van der Waals surface area contributed by atoms with Gasteiger partial charge >= 0.3 is 5.97 Å². The lowest BCUT2D eigenvalue weighted by atomic mass is 10.2. The summed E-state index contributed by atoms with van der Waals surface area (Å²) in [4.78, 5) is 12.4. The lowest BCUT2D eigenvalue weighted by Gasteiger charge is -2.24. The molecule has 0 atom stereocenters. The molecule has 0 aliphatic rings. The van der Waals surface area contributed by atoms with Gasteiger partial charge in [0.1, 0.15) is 5.75 Å². The van der Waals surface area contributed by atoms with E-state index >= 15 is 0 Å². The van der Waals surface area contributed by atoms with Crippen LogP contribution in [0.4, 0.5) is 5.69 Å². The third-order valence-corrected chi connectivity index (χ3v) is 5.78. The van der Waals surface area contributed by atoms with Crippen molar-refractivity contribution in [3.05, 3.63) is 90.5 Å². The standard InChI is InChI=1S/C21H19NO5S/c1-26-19-14-12-18(13-15-19)22(28(24,25)20-10-6-3-7-11-20)16-27-21(23)17-8-4-2-5-9-17/h2-15H,16H2,1H3. The molecule has 0 saturated heterocycles. The molecule has 28 heavy (non-hydrogen) atoms. The molecule has 0 spiro atoms. The molecule has 7 heteroatoms. The quantitative estimate of drug-likeness (QED) is 0.449. The van der Waals surface area contributed by atoms with E-state index in [0.29, 0.717) is 17.0 Å². The number of sulfonamides is 1. The minimum atomic E-state index is -3.94. The zero-order valence-corrected chi connectivity index (χ0v) is 16.0. The van der Waals surface area contributed by atoms with E-state index in [0.717, 1.165) is 4.31 Å². The largest absolute Gasteiger partial charge is 0.497 e. The molecule has 0 aromatic heterocycles. The fraction of sp³-hybridized carbons (Fsp3) is 0.0952. The molecule has 3 rings (SSSR count). The third-order valence-electron chi connectivity index (χ3n) is 4.01. The lowest BCUT2D eigenvalue weighted by molar-refractivity contribution is 0.0520. The maximum atomic E-state index is 13.1. The molecule has 0 bridgehead atoms. The van der Waals surface area contributed by atoms with Crippen LogP contribution in [0.2, 0.25) is 0 Å². The highest BCUT2D eigenvalue weighted by Crippen LogP contribution is 2.26. The monoisotopic (exact) mass is 397 g/mol. The van der Waals surface area contributed by atoms with Crippen LogP contribution in [0.15, 0.2) is 89.8 Å². The van der Waals surface area contributed by atoms with Gasteiger partial charge in [-0.1, -0.05) is 36.4 Å². The van der Waals surface area contributed by atoms with E-state index in [2.05, 4.69) is 0 Å². The lowest BCUT2D eigenvalue weighted by Crippen LogP contribution is -2.34. The van der Waals surface area contributed by atoms with Crippen molar-refractivity contribution in [2.75, 3.05) is 18.1 Å². The van der Waals surface area contributed by atoms with Crippen molar-refractivity contribution >= 4 is 21.7 Å². The number of esters is 1. The summed E-state index contributed by atoms with van der Waals surface area (Å²) in [7, 11) is -2.41. The first kappa shape index (κ1) is 19.4. The minimum Gasteiger partial charge on any atom is -0.497 e. The van der Waals surface area contributed by atoms with Crippen LogP contribution < -0.4 is 9.04 Å². The number of carbonyl (C=O) groups excluding carboxylic acids is 1. The molecule has 3 aromatic carbocycles. The van der Waals surface area contributed by atoms with Crippen molar-refractivity contribution in [2.45, 2.75) is 4.90 Å². The SMILES string of the molecule is COc1ccc(N(COC(=O)c2ccccc2)S(=O)(=O)c2ccccc2)cc1. The Bertz CT molecular complexity index is 1020. The van der Waals surface area contributed by atoms with E-state index < -0.39 is 22.7 Å². The Morgan fingerprint density at radius 3 is 2.00 bits per heavy atom. The summed E-state index contributed by atoms with van der Waals surface area (Å²) in [6, 6.07) is 22.8. The second-order valence-electron chi connectivity index (χ2n) is 5.79. The first-order valence-corrected chi connectivity index (χ1v) is 9.90. The van der Waals surface area contributed by atoms with Gasteiger partial charge in [-0.25, -0.2) is 17.5 Å². The molecule has 0 aliphatic heterocycles. The Kier molecular flexibility index (Phi) is 5.96. The molecular formula is C21H19NO5S. The van der Waals surface area contributed by atoms with Crippen LogP contribution in [0.25, 0.3) is 0 Å². The number of ether oxygens (including phenoxy) is 2. The number of carbonyl (C=O) groups is 1. The van der Waals surface area contributed by atoms with Gasteiger partial charge in [-0.2, -0.15) is 0 Å². The fourth-order valence-corrected chi connectivity index (χ4v) is 3.87. The molecular weight excluding hydrogens is 378 g/mol. The highest BCUT2D eigenvalue weighted by atomic mass is 32.2. The number of nitrogens with zero attached hydrogens (tertiary/aromatic N) is 1. The van der Waals surface area contributed by atoms with Crippen molar-refractivity contribution in [3.8, 4) is 5.75 Å². The molecule has 0 fully saturated rings. The molecule has 6 nitrogen and oxygen atoms in total. The molecule has 3 aromatic rings. The highest BCUT2D eigenvalue weighted by Gasteiger charge is 2.26. The summed E-state index contributed by atoms with van der Waals surface area (Å²) in [5.74, 6) is -0.0236. The Labute approximate surface area is 164 Å². The smallest absolute Gasteiger partial charge is 0.339 e. The summed E-state index contributed by atoms with van der Waals surface area (Å²) in [5, 5.41) is 0. The van der Waals surface area contributed by atoms with Gasteiger partial charge in [0.15, 0.2) is 6.73 Å². The summed E-state index contributed by atoms with van der Waals surface area (Å²) >= 11 is 0. The normalized spacial score (nSPS) is 10.9. The van der Waals surface area contributed by atoms with Gasteiger partial charge in [0.05, 0.1) is 23.3 Å². The minimum absolute atomic E-state index is 0.0987. The molecule has 0 saturated carbocycles. The van der Waals surface area contributed by atoms with Gasteiger partial charge < -0.3 is 9.47 Å². The number of hydrogen-bond donors (Lipinski definition) is 0. The first-order valence-electron chi connectivity index (χ1n) is 8.46. The maximum Gasteiger partial charge on any atom is 0.339 e. The van der Waals surface area contributed by atoms with Crippen molar-refractivity contribution in [1.29, 1.82) is 0 Å². The maximum absolute atomic E-state index is 13.1. The Morgan fingerprint density at radius 1 is 0.857 bits per heavy atom. The van der Waals surface area contributed by atoms with Crippen molar-refractivity contribution in [2.24, 2.45) is 0 Å². The van der Waals surface area contributed by atoms with E-state index in [1.165, 1.54) is 19.2 Å². The van der Waals surface area contributed by atoms with E-state index in [1.54, 1.807) is 72.8 Å². The molecule has 0 N–H and O–H groups in total. The number of methoxy groups -OCH3 is 1. The van der Waals surface area contributed by atoms with Gasteiger partial charge in [-0.15, -0.1) is 0 Å². The average Bonchev–Trinajstić information content (AvgIpc) is 2.75.